The van der Waals surface area contributed by atoms with Crippen LogP contribution in [0.25, 0.3) is 11.3 Å². The van der Waals surface area contributed by atoms with Crippen molar-refractivity contribution in [3.63, 3.8) is 0 Å². The van der Waals surface area contributed by atoms with Gasteiger partial charge in [-0.3, -0.25) is 4.79 Å². The van der Waals surface area contributed by atoms with Gasteiger partial charge in [0.2, 0.25) is 5.91 Å². The summed E-state index contributed by atoms with van der Waals surface area (Å²) in [6.45, 7) is 4.26. The van der Waals surface area contributed by atoms with Crippen LogP contribution in [0.1, 0.15) is 42.7 Å². The normalized spacial score (nSPS) is 18.2. The van der Waals surface area contributed by atoms with E-state index in [1.165, 1.54) is 55.8 Å². The van der Waals surface area contributed by atoms with Crippen LogP contribution < -0.4 is 10.6 Å². The average Bonchev–Trinajstić information content (AvgIpc) is 3.37. The number of nitrogens with zero attached hydrogens (tertiary/aromatic N) is 2. The number of aliphatic hydroxyl groups excluding tert-OH is 1. The molecule has 2 aliphatic rings. The lowest BCUT2D eigenvalue weighted by atomic mass is 9.98. The molecule has 11 heteroatoms. The third-order valence-corrected chi connectivity index (χ3v) is 6.60. The van der Waals surface area contributed by atoms with Gasteiger partial charge in [0.05, 0.1) is 30.3 Å². The molecule has 36 heavy (non-hydrogen) atoms. The van der Waals surface area contributed by atoms with Crippen LogP contribution in [0, 0.1) is 5.92 Å². The van der Waals surface area contributed by atoms with Gasteiger partial charge in [-0.25, -0.2) is 4.98 Å². The van der Waals surface area contributed by atoms with Crippen molar-refractivity contribution in [1.82, 2.24) is 20.5 Å². The number of carbonyl (C=O) groups is 2. The quantitative estimate of drug-likeness (QED) is 0.512. The van der Waals surface area contributed by atoms with E-state index in [1.807, 2.05) is 7.05 Å². The highest BCUT2D eigenvalue weighted by Crippen LogP contribution is 2.31. The van der Waals surface area contributed by atoms with Crippen LogP contribution in [0.5, 0.6) is 0 Å². The lowest BCUT2D eigenvalue weighted by molar-refractivity contribution is -0.137. The van der Waals surface area contributed by atoms with Crippen LogP contribution in [0.15, 0.2) is 29.6 Å². The first-order valence-electron chi connectivity index (χ1n) is 12.1. The SMILES string of the molecule is C1CCNCC1.CN1CCCC(C(=O)NCc2nc(-c3ccc(C(F)(F)F)cc3)cs2)C1.O=CCO. The topological polar surface area (TPSA) is 94.6 Å². The van der Waals surface area contributed by atoms with Crippen molar-refractivity contribution in [1.29, 1.82) is 0 Å². The number of thiazole rings is 1. The number of aromatic nitrogens is 1. The Hall–Kier alpha value is -2.34. The Morgan fingerprint density at radius 2 is 1.89 bits per heavy atom. The summed E-state index contributed by atoms with van der Waals surface area (Å²) in [5.74, 6) is 0.0333. The molecule has 0 aliphatic carbocycles. The average molecular weight is 529 g/mol. The zero-order chi connectivity index (χ0) is 26.4. The van der Waals surface area contributed by atoms with Gasteiger partial charge in [-0.15, -0.1) is 11.3 Å². The van der Waals surface area contributed by atoms with Crippen LogP contribution in [-0.2, 0) is 22.3 Å². The van der Waals surface area contributed by atoms with E-state index in [9.17, 15) is 18.0 Å². The molecule has 3 N–H and O–H groups in total. The predicted molar refractivity (Wildman–Crippen MR) is 134 cm³/mol. The minimum absolute atomic E-state index is 0.00287. The fourth-order valence-electron chi connectivity index (χ4n) is 3.84. The second-order valence-corrected chi connectivity index (χ2v) is 9.62. The minimum atomic E-state index is -4.34. The number of aliphatic hydroxyl groups is 1. The number of halogens is 3. The molecule has 1 aromatic carbocycles. The zero-order valence-electron chi connectivity index (χ0n) is 20.5. The summed E-state index contributed by atoms with van der Waals surface area (Å²) in [5.41, 5.74) is 0.563. The summed E-state index contributed by atoms with van der Waals surface area (Å²) < 4.78 is 37.9. The molecule has 2 aromatic rings. The van der Waals surface area contributed by atoms with Crippen LogP contribution >= 0.6 is 11.3 Å². The van der Waals surface area contributed by atoms with Gasteiger partial charge in [-0.05, 0) is 64.5 Å². The van der Waals surface area contributed by atoms with Gasteiger partial charge in [0.1, 0.15) is 11.3 Å². The molecule has 2 fully saturated rings. The van der Waals surface area contributed by atoms with E-state index in [0.717, 1.165) is 43.1 Å². The number of carbonyl (C=O) groups excluding carboxylic acids is 2. The third-order valence-electron chi connectivity index (χ3n) is 5.75. The van der Waals surface area contributed by atoms with Crippen molar-refractivity contribution in [2.24, 2.45) is 5.92 Å². The first-order valence-corrected chi connectivity index (χ1v) is 13.0. The maximum atomic E-state index is 12.6. The van der Waals surface area contributed by atoms with E-state index in [1.54, 1.807) is 5.38 Å². The summed E-state index contributed by atoms with van der Waals surface area (Å²) in [7, 11) is 2.01. The molecule has 0 saturated carbocycles. The van der Waals surface area contributed by atoms with E-state index in [2.05, 4.69) is 20.5 Å². The number of amides is 1. The standard InChI is InChI=1S/C18H20F3N3OS.C5H11N.C2H4O2/c1-24-8-2-3-13(10-24)17(25)22-9-16-23-15(11-26-16)12-4-6-14(7-5-12)18(19,20)21;1-2-4-6-5-3-1;3-1-2-4/h4-7,11,13H,2-3,8-10H2,1H3,(H,22,25);6H,1-5H2;1,4H,2H2. The van der Waals surface area contributed by atoms with E-state index in [-0.39, 0.29) is 18.4 Å². The first kappa shape index (κ1) is 29.9. The van der Waals surface area contributed by atoms with Crippen LogP contribution in [0.3, 0.4) is 0 Å². The van der Waals surface area contributed by atoms with Gasteiger partial charge < -0.3 is 25.4 Å². The Bertz CT molecular complexity index is 907. The summed E-state index contributed by atoms with van der Waals surface area (Å²) >= 11 is 1.38. The number of hydrogen-bond acceptors (Lipinski definition) is 7. The number of alkyl halides is 3. The number of nitrogens with one attached hydrogen (secondary N) is 2. The molecule has 1 aromatic heterocycles. The fraction of sp³-hybridized carbons (Fsp3) is 0.560. The van der Waals surface area contributed by atoms with E-state index in [0.29, 0.717) is 24.1 Å². The number of rotatable bonds is 5. The lowest BCUT2D eigenvalue weighted by Crippen LogP contribution is -2.41. The molecule has 0 bridgehead atoms. The van der Waals surface area contributed by atoms with Crippen LogP contribution in [0.2, 0.25) is 0 Å². The molecule has 4 rings (SSSR count). The van der Waals surface area contributed by atoms with Gasteiger partial charge in [0.15, 0.2) is 0 Å². The summed E-state index contributed by atoms with van der Waals surface area (Å²) in [6.07, 6.45) is 2.21. The largest absolute Gasteiger partial charge is 0.416 e. The van der Waals surface area contributed by atoms with Crippen molar-refractivity contribution in [2.45, 2.75) is 44.8 Å². The fourth-order valence-corrected chi connectivity index (χ4v) is 4.59. The molecule has 1 unspecified atom stereocenters. The second-order valence-electron chi connectivity index (χ2n) is 8.68. The van der Waals surface area contributed by atoms with Gasteiger partial charge in [-0.2, -0.15) is 13.2 Å². The van der Waals surface area contributed by atoms with E-state index >= 15 is 0 Å². The molecule has 0 radical (unpaired) electrons. The van der Waals surface area contributed by atoms with Crippen molar-refractivity contribution >= 4 is 23.5 Å². The van der Waals surface area contributed by atoms with Gasteiger partial charge in [0.25, 0.3) is 0 Å². The number of benzene rings is 1. The molecule has 3 heterocycles. The molecular weight excluding hydrogens is 493 g/mol. The molecule has 7 nitrogen and oxygen atoms in total. The smallest absolute Gasteiger partial charge is 0.389 e. The molecule has 0 spiro atoms. The maximum absolute atomic E-state index is 12.6. The Kier molecular flexibility index (Phi) is 13.0. The molecular formula is C25H35F3N4O3S. The predicted octanol–water partition coefficient (Wildman–Crippen LogP) is 3.72. The van der Waals surface area contributed by atoms with Gasteiger partial charge >= 0.3 is 6.18 Å². The Balaban J connectivity index is 0.000000382. The van der Waals surface area contributed by atoms with E-state index < -0.39 is 11.7 Å². The minimum Gasteiger partial charge on any atom is -0.389 e. The molecule has 2 aliphatic heterocycles. The number of piperidine rings is 2. The summed E-state index contributed by atoms with van der Waals surface area (Å²) in [6, 6.07) is 4.93. The zero-order valence-corrected chi connectivity index (χ0v) is 21.3. The van der Waals surface area contributed by atoms with Crippen molar-refractivity contribution < 1.29 is 27.9 Å². The van der Waals surface area contributed by atoms with Gasteiger partial charge in [-0.1, -0.05) is 18.6 Å². The van der Waals surface area contributed by atoms with E-state index in [4.69, 9.17) is 9.90 Å². The third kappa shape index (κ3) is 10.7. The number of hydrogen-bond donors (Lipinski definition) is 3. The van der Waals surface area contributed by atoms with Crippen molar-refractivity contribution in [2.75, 3.05) is 39.8 Å². The monoisotopic (exact) mass is 528 g/mol. The lowest BCUT2D eigenvalue weighted by Gasteiger charge is -2.28. The highest BCUT2D eigenvalue weighted by Gasteiger charge is 2.30. The second kappa shape index (κ2) is 15.7. The van der Waals surface area contributed by atoms with Crippen molar-refractivity contribution in [3.8, 4) is 11.3 Å². The van der Waals surface area contributed by atoms with Crippen LogP contribution in [-0.4, -0.2) is 67.0 Å². The van der Waals surface area contributed by atoms with Crippen molar-refractivity contribution in [3.05, 3.63) is 40.2 Å². The Morgan fingerprint density at radius 1 is 1.22 bits per heavy atom. The maximum Gasteiger partial charge on any atom is 0.416 e. The number of aldehydes is 1. The summed E-state index contributed by atoms with van der Waals surface area (Å²) in [5, 5.41) is 16.2. The first-order chi connectivity index (χ1) is 17.2. The highest BCUT2D eigenvalue weighted by molar-refractivity contribution is 7.09. The highest BCUT2D eigenvalue weighted by atomic mass is 32.1. The molecule has 1 amide bonds. The summed E-state index contributed by atoms with van der Waals surface area (Å²) in [4.78, 5) is 27.8. The molecule has 2 saturated heterocycles. The molecule has 200 valence electrons. The number of likely N-dealkylation sites (tertiary alicyclic amines) is 1. The van der Waals surface area contributed by atoms with Crippen LogP contribution in [0.4, 0.5) is 13.2 Å². The Morgan fingerprint density at radius 3 is 2.39 bits per heavy atom. The Labute approximate surface area is 214 Å². The molecule has 1 atom stereocenters. The van der Waals surface area contributed by atoms with Gasteiger partial charge in [0, 0.05) is 17.5 Å².